The van der Waals surface area contributed by atoms with Crippen LogP contribution in [0.1, 0.15) is 16.7 Å². The lowest BCUT2D eigenvalue weighted by Gasteiger charge is -1.98. The van der Waals surface area contributed by atoms with Crippen LogP contribution in [-0.2, 0) is 4.79 Å². The summed E-state index contributed by atoms with van der Waals surface area (Å²) in [5.74, 6) is -0.224. The van der Waals surface area contributed by atoms with E-state index in [0.29, 0.717) is 10.2 Å². The summed E-state index contributed by atoms with van der Waals surface area (Å²) in [5, 5.41) is 4.02. The Balaban J connectivity index is 1.78. The van der Waals surface area contributed by atoms with E-state index >= 15 is 0 Å². The minimum atomic E-state index is -0.224. The molecule has 0 aliphatic rings. The molecule has 0 radical (unpaired) electrons. The second kappa shape index (κ2) is 6.52. The van der Waals surface area contributed by atoms with Crippen molar-refractivity contribution in [3.8, 4) is 0 Å². The number of carbonyl (C=O) groups excluding carboxylic acids is 1. The van der Waals surface area contributed by atoms with E-state index in [1.165, 1.54) is 23.0 Å². The molecule has 1 aromatic heterocycles. The lowest BCUT2D eigenvalue weighted by Crippen LogP contribution is -2.07. The van der Waals surface area contributed by atoms with Crippen molar-refractivity contribution in [1.82, 2.24) is 4.98 Å². The fourth-order valence-electron chi connectivity index (χ4n) is 2.20. The van der Waals surface area contributed by atoms with Crippen LogP contribution in [0.2, 0.25) is 5.02 Å². The highest BCUT2D eigenvalue weighted by molar-refractivity contribution is 7.22. The minimum absolute atomic E-state index is 0.224. The van der Waals surface area contributed by atoms with Crippen LogP contribution in [0.4, 0.5) is 5.13 Å². The van der Waals surface area contributed by atoms with Gasteiger partial charge >= 0.3 is 0 Å². The van der Waals surface area contributed by atoms with Gasteiger partial charge in [-0.3, -0.25) is 10.1 Å². The van der Waals surface area contributed by atoms with Gasteiger partial charge in [0.25, 0.3) is 0 Å². The van der Waals surface area contributed by atoms with Crippen molar-refractivity contribution >= 4 is 50.3 Å². The molecule has 3 aromatic rings. The normalized spacial score (nSPS) is 11.3. The molecule has 0 aliphatic carbocycles. The van der Waals surface area contributed by atoms with Crippen molar-refractivity contribution in [3.63, 3.8) is 0 Å². The highest BCUT2D eigenvalue weighted by Crippen LogP contribution is 2.29. The first-order chi connectivity index (χ1) is 11.0. The number of aromatic nitrogens is 1. The van der Waals surface area contributed by atoms with Crippen molar-refractivity contribution in [2.45, 2.75) is 13.8 Å². The van der Waals surface area contributed by atoms with Crippen LogP contribution in [0.25, 0.3) is 16.3 Å². The molecule has 0 saturated heterocycles. The molecular formula is C18H15ClN2OS. The number of nitrogens with one attached hydrogen (secondary N) is 1. The lowest BCUT2D eigenvalue weighted by molar-refractivity contribution is -0.111. The third kappa shape index (κ3) is 3.44. The first kappa shape index (κ1) is 15.7. The van der Waals surface area contributed by atoms with Gasteiger partial charge < -0.3 is 0 Å². The van der Waals surface area contributed by atoms with Gasteiger partial charge in [-0.1, -0.05) is 47.2 Å². The van der Waals surface area contributed by atoms with E-state index in [-0.39, 0.29) is 5.91 Å². The number of rotatable bonds is 3. The Morgan fingerprint density at radius 2 is 2.00 bits per heavy atom. The van der Waals surface area contributed by atoms with Gasteiger partial charge in [-0.15, -0.1) is 0 Å². The minimum Gasteiger partial charge on any atom is -0.298 e. The summed E-state index contributed by atoms with van der Waals surface area (Å²) in [6.45, 7) is 4.10. The largest absolute Gasteiger partial charge is 0.298 e. The molecule has 2 aromatic carbocycles. The summed E-state index contributed by atoms with van der Waals surface area (Å²) in [6, 6.07) is 11.5. The average Bonchev–Trinajstić information content (AvgIpc) is 2.93. The Morgan fingerprint density at radius 1 is 1.22 bits per heavy atom. The van der Waals surface area contributed by atoms with Crippen LogP contribution in [0.15, 0.2) is 42.5 Å². The topological polar surface area (TPSA) is 42.0 Å². The second-order valence-electron chi connectivity index (χ2n) is 5.22. The van der Waals surface area contributed by atoms with Crippen molar-refractivity contribution in [2.75, 3.05) is 5.32 Å². The van der Waals surface area contributed by atoms with E-state index in [4.69, 9.17) is 11.6 Å². The quantitative estimate of drug-likeness (QED) is 0.663. The highest BCUT2D eigenvalue weighted by Gasteiger charge is 2.09. The number of thiazole rings is 1. The molecule has 23 heavy (non-hydrogen) atoms. The Morgan fingerprint density at radius 3 is 2.78 bits per heavy atom. The second-order valence-corrected chi connectivity index (χ2v) is 6.66. The summed E-state index contributed by atoms with van der Waals surface area (Å²) in [7, 11) is 0. The average molecular weight is 343 g/mol. The molecule has 0 unspecified atom stereocenters. The van der Waals surface area contributed by atoms with Crippen LogP contribution >= 0.6 is 22.9 Å². The number of carbonyl (C=O) groups is 1. The zero-order valence-corrected chi connectivity index (χ0v) is 14.3. The first-order valence-corrected chi connectivity index (χ1v) is 8.34. The number of aryl methyl sites for hydroxylation is 2. The fraction of sp³-hybridized carbons (Fsp3) is 0.111. The Hall–Kier alpha value is -2.17. The maximum atomic E-state index is 12.1. The predicted molar refractivity (Wildman–Crippen MR) is 98.2 cm³/mol. The van der Waals surface area contributed by atoms with Gasteiger partial charge in [0.05, 0.1) is 10.2 Å². The van der Waals surface area contributed by atoms with Crippen molar-refractivity contribution < 1.29 is 4.79 Å². The van der Waals surface area contributed by atoms with Gasteiger partial charge in [0.2, 0.25) is 5.91 Å². The molecule has 0 saturated carbocycles. The Kier molecular flexibility index (Phi) is 4.46. The number of amides is 1. The molecule has 0 atom stereocenters. The third-order valence-corrected chi connectivity index (χ3v) is 4.91. The molecular weight excluding hydrogens is 328 g/mol. The molecule has 1 heterocycles. The van der Waals surface area contributed by atoms with E-state index in [2.05, 4.69) is 23.3 Å². The highest BCUT2D eigenvalue weighted by atomic mass is 35.5. The van der Waals surface area contributed by atoms with Gasteiger partial charge in [0, 0.05) is 11.1 Å². The standard InChI is InChI=1S/C18H15ClN2OS/c1-11-7-9-15-17(12(11)2)21-18(23-15)20-16(22)10-8-13-5-3-4-6-14(13)19/h3-10H,1-2H3,(H,20,21,22). The van der Waals surface area contributed by atoms with E-state index in [1.54, 1.807) is 12.1 Å². The SMILES string of the molecule is Cc1ccc2sc(NC(=O)C=Cc3ccccc3Cl)nc2c1C. The number of anilines is 1. The molecule has 1 N–H and O–H groups in total. The van der Waals surface area contributed by atoms with Crippen molar-refractivity contribution in [3.05, 3.63) is 64.2 Å². The number of hydrogen-bond donors (Lipinski definition) is 1. The first-order valence-electron chi connectivity index (χ1n) is 7.15. The van der Waals surface area contributed by atoms with E-state index < -0.39 is 0 Å². The third-order valence-electron chi connectivity index (χ3n) is 3.63. The maximum absolute atomic E-state index is 12.1. The number of hydrogen-bond acceptors (Lipinski definition) is 3. The number of benzene rings is 2. The van der Waals surface area contributed by atoms with Gasteiger partial charge in [-0.2, -0.15) is 0 Å². The zero-order chi connectivity index (χ0) is 16.4. The van der Waals surface area contributed by atoms with Crippen LogP contribution in [0, 0.1) is 13.8 Å². The Bertz CT molecular complexity index is 915. The van der Waals surface area contributed by atoms with Gasteiger partial charge in [-0.25, -0.2) is 4.98 Å². The molecule has 116 valence electrons. The molecule has 0 fully saturated rings. The zero-order valence-electron chi connectivity index (χ0n) is 12.8. The summed E-state index contributed by atoms with van der Waals surface area (Å²) >= 11 is 7.53. The van der Waals surface area contributed by atoms with E-state index in [9.17, 15) is 4.79 Å². The van der Waals surface area contributed by atoms with Crippen LogP contribution in [-0.4, -0.2) is 10.9 Å². The van der Waals surface area contributed by atoms with E-state index in [0.717, 1.165) is 21.3 Å². The summed E-state index contributed by atoms with van der Waals surface area (Å²) in [5.41, 5.74) is 4.09. The molecule has 3 nitrogen and oxygen atoms in total. The van der Waals surface area contributed by atoms with Gasteiger partial charge in [0.15, 0.2) is 5.13 Å². The molecule has 3 rings (SSSR count). The van der Waals surface area contributed by atoms with Gasteiger partial charge in [-0.05, 0) is 48.7 Å². The molecule has 1 amide bonds. The number of nitrogens with zero attached hydrogens (tertiary/aromatic N) is 1. The smallest absolute Gasteiger partial charge is 0.250 e. The summed E-state index contributed by atoms with van der Waals surface area (Å²) < 4.78 is 1.07. The molecule has 5 heteroatoms. The van der Waals surface area contributed by atoms with Crippen LogP contribution in [0.3, 0.4) is 0 Å². The van der Waals surface area contributed by atoms with Gasteiger partial charge in [0.1, 0.15) is 0 Å². The van der Waals surface area contributed by atoms with Crippen LogP contribution < -0.4 is 5.32 Å². The summed E-state index contributed by atoms with van der Waals surface area (Å²) in [6.07, 6.45) is 3.16. The van der Waals surface area contributed by atoms with Crippen molar-refractivity contribution in [1.29, 1.82) is 0 Å². The molecule has 0 bridgehead atoms. The lowest BCUT2D eigenvalue weighted by atomic mass is 10.1. The number of halogens is 1. The fourth-order valence-corrected chi connectivity index (χ4v) is 3.33. The number of fused-ring (bicyclic) bond motifs is 1. The summed E-state index contributed by atoms with van der Waals surface area (Å²) in [4.78, 5) is 16.6. The van der Waals surface area contributed by atoms with Crippen LogP contribution in [0.5, 0.6) is 0 Å². The van der Waals surface area contributed by atoms with E-state index in [1.807, 2.05) is 31.2 Å². The maximum Gasteiger partial charge on any atom is 0.250 e. The monoisotopic (exact) mass is 342 g/mol. The Labute approximate surface area is 143 Å². The molecule has 0 aliphatic heterocycles. The van der Waals surface area contributed by atoms with Crippen molar-refractivity contribution in [2.24, 2.45) is 0 Å². The predicted octanol–water partition coefficient (Wildman–Crippen LogP) is 5.22. The molecule has 0 spiro atoms.